The highest BCUT2D eigenvalue weighted by molar-refractivity contribution is 6.06. The van der Waals surface area contributed by atoms with E-state index in [1.54, 1.807) is 32.7 Å². The van der Waals surface area contributed by atoms with Crippen molar-refractivity contribution in [3.63, 3.8) is 0 Å². The van der Waals surface area contributed by atoms with E-state index in [4.69, 9.17) is 4.74 Å². The molecule has 3 rings (SSSR count). The van der Waals surface area contributed by atoms with Gasteiger partial charge in [0.15, 0.2) is 0 Å². The summed E-state index contributed by atoms with van der Waals surface area (Å²) >= 11 is 0. The number of alkyl carbamates (subject to hydrolysis) is 1. The minimum absolute atomic E-state index is 0.259. The number of rotatable bonds is 3. The first kappa shape index (κ1) is 24.3. The number of anilines is 1. The van der Waals surface area contributed by atoms with Crippen molar-refractivity contribution in [3.05, 3.63) is 54.1 Å². The van der Waals surface area contributed by atoms with Gasteiger partial charge in [0.1, 0.15) is 17.7 Å². The van der Waals surface area contributed by atoms with Crippen LogP contribution >= 0.6 is 0 Å². The SMILES string of the molecule is CN1C(=O)[C@H](NC(=O)[C@@H](NC(=O)OC(C)(C)C)C(C)(C)C)c2ccccc2-c2ccccc21. The van der Waals surface area contributed by atoms with Crippen molar-refractivity contribution < 1.29 is 19.1 Å². The molecule has 2 atom stereocenters. The monoisotopic (exact) mass is 451 g/mol. The van der Waals surface area contributed by atoms with E-state index in [2.05, 4.69) is 10.6 Å². The lowest BCUT2D eigenvalue weighted by Gasteiger charge is -2.33. The van der Waals surface area contributed by atoms with E-state index in [-0.39, 0.29) is 5.91 Å². The number of carbonyl (C=O) groups is 3. The van der Waals surface area contributed by atoms with E-state index >= 15 is 0 Å². The van der Waals surface area contributed by atoms with E-state index in [9.17, 15) is 14.4 Å². The molecule has 33 heavy (non-hydrogen) atoms. The molecule has 0 fully saturated rings. The fourth-order valence-corrected chi connectivity index (χ4v) is 3.90. The zero-order chi connectivity index (χ0) is 24.6. The molecule has 7 heteroatoms. The van der Waals surface area contributed by atoms with Crippen LogP contribution in [0.3, 0.4) is 0 Å². The van der Waals surface area contributed by atoms with Crippen LogP contribution in [0, 0.1) is 5.41 Å². The first-order valence-electron chi connectivity index (χ1n) is 11.1. The Labute approximate surface area is 195 Å². The third kappa shape index (κ3) is 5.35. The van der Waals surface area contributed by atoms with Gasteiger partial charge < -0.3 is 20.3 Å². The van der Waals surface area contributed by atoms with Crippen molar-refractivity contribution in [2.75, 3.05) is 11.9 Å². The highest BCUT2D eigenvalue weighted by Crippen LogP contribution is 2.39. The second-order valence-electron chi connectivity index (χ2n) is 10.4. The molecule has 0 saturated carbocycles. The number of hydrogen-bond donors (Lipinski definition) is 2. The summed E-state index contributed by atoms with van der Waals surface area (Å²) in [5.41, 5.74) is 1.95. The molecular formula is C26H33N3O4. The van der Waals surface area contributed by atoms with Crippen LogP contribution in [0.15, 0.2) is 48.5 Å². The van der Waals surface area contributed by atoms with Crippen molar-refractivity contribution in [1.29, 1.82) is 0 Å². The molecule has 2 N–H and O–H groups in total. The molecule has 176 valence electrons. The number of para-hydroxylation sites is 1. The molecule has 0 saturated heterocycles. The van der Waals surface area contributed by atoms with Crippen LogP contribution in [0.2, 0.25) is 0 Å². The van der Waals surface area contributed by atoms with Crippen molar-refractivity contribution in [2.24, 2.45) is 5.41 Å². The summed E-state index contributed by atoms with van der Waals surface area (Å²) in [5.74, 6) is -0.716. The first-order valence-corrected chi connectivity index (χ1v) is 11.1. The van der Waals surface area contributed by atoms with Gasteiger partial charge in [0, 0.05) is 12.6 Å². The molecule has 7 nitrogen and oxygen atoms in total. The summed E-state index contributed by atoms with van der Waals surface area (Å²) in [6.07, 6.45) is -0.685. The maximum atomic E-state index is 13.5. The molecule has 0 radical (unpaired) electrons. The molecule has 0 spiro atoms. The smallest absolute Gasteiger partial charge is 0.408 e. The van der Waals surface area contributed by atoms with Crippen molar-refractivity contribution in [2.45, 2.75) is 59.2 Å². The number of likely N-dealkylation sites (N-methyl/N-ethyl adjacent to an activating group) is 1. The van der Waals surface area contributed by atoms with E-state index < -0.39 is 35.1 Å². The van der Waals surface area contributed by atoms with Crippen LogP contribution in [0.5, 0.6) is 0 Å². The second kappa shape index (κ2) is 8.89. The Morgan fingerprint density at radius 1 is 0.939 bits per heavy atom. The van der Waals surface area contributed by atoms with Crippen LogP contribution in [-0.2, 0) is 14.3 Å². The Hall–Kier alpha value is -3.35. The molecule has 2 aromatic rings. The van der Waals surface area contributed by atoms with Crippen molar-refractivity contribution >= 4 is 23.6 Å². The maximum Gasteiger partial charge on any atom is 0.408 e. The minimum atomic E-state index is -0.914. The summed E-state index contributed by atoms with van der Waals surface area (Å²) in [6.45, 7) is 10.8. The summed E-state index contributed by atoms with van der Waals surface area (Å²) in [5, 5.41) is 5.59. The molecule has 0 unspecified atom stereocenters. The van der Waals surface area contributed by atoms with Gasteiger partial charge in [0.25, 0.3) is 5.91 Å². The summed E-state index contributed by atoms with van der Waals surface area (Å²) in [6, 6.07) is 13.4. The number of carbonyl (C=O) groups excluding carboxylic acids is 3. The number of amides is 3. The third-order valence-electron chi connectivity index (χ3n) is 5.48. The van der Waals surface area contributed by atoms with Crippen molar-refractivity contribution in [3.8, 4) is 11.1 Å². The molecule has 2 aromatic carbocycles. The van der Waals surface area contributed by atoms with Crippen LogP contribution in [0.4, 0.5) is 10.5 Å². The molecule has 0 bridgehead atoms. The van der Waals surface area contributed by atoms with E-state index in [0.717, 1.165) is 16.8 Å². The summed E-state index contributed by atoms with van der Waals surface area (Å²) in [4.78, 5) is 40.9. The van der Waals surface area contributed by atoms with Gasteiger partial charge in [0.2, 0.25) is 5.91 Å². The van der Waals surface area contributed by atoms with Crippen molar-refractivity contribution in [1.82, 2.24) is 10.6 Å². The van der Waals surface area contributed by atoms with Gasteiger partial charge in [-0.15, -0.1) is 0 Å². The lowest BCUT2D eigenvalue weighted by molar-refractivity contribution is -0.130. The first-order chi connectivity index (χ1) is 15.3. The van der Waals surface area contributed by atoms with Gasteiger partial charge >= 0.3 is 6.09 Å². The number of benzene rings is 2. The highest BCUT2D eigenvalue weighted by Gasteiger charge is 2.39. The van der Waals surface area contributed by atoms with Crippen LogP contribution in [-0.4, -0.2) is 36.6 Å². The largest absolute Gasteiger partial charge is 0.444 e. The molecule has 0 aliphatic carbocycles. The fourth-order valence-electron chi connectivity index (χ4n) is 3.90. The Balaban J connectivity index is 1.96. The summed E-state index contributed by atoms with van der Waals surface area (Å²) < 4.78 is 5.36. The van der Waals surface area contributed by atoms with E-state index in [1.807, 2.05) is 69.3 Å². The fraction of sp³-hybridized carbons (Fsp3) is 0.423. The lowest BCUT2D eigenvalue weighted by atomic mass is 9.85. The van der Waals surface area contributed by atoms with Gasteiger partial charge in [0.05, 0.1) is 5.69 Å². The average Bonchev–Trinajstić information content (AvgIpc) is 2.80. The average molecular weight is 452 g/mol. The Morgan fingerprint density at radius 3 is 2.12 bits per heavy atom. The quantitative estimate of drug-likeness (QED) is 0.723. The summed E-state index contributed by atoms with van der Waals surface area (Å²) in [7, 11) is 1.70. The lowest BCUT2D eigenvalue weighted by Crippen LogP contribution is -2.56. The number of hydrogen-bond acceptors (Lipinski definition) is 4. The Kier molecular flexibility index (Phi) is 6.54. The molecule has 1 aliphatic heterocycles. The van der Waals surface area contributed by atoms with E-state index in [1.165, 1.54) is 0 Å². The zero-order valence-electron chi connectivity index (χ0n) is 20.4. The predicted molar refractivity (Wildman–Crippen MR) is 129 cm³/mol. The molecule has 1 aliphatic rings. The number of nitrogens with one attached hydrogen (secondary N) is 2. The normalized spacial score (nSPS) is 16.8. The molecule has 1 heterocycles. The molecule has 0 aromatic heterocycles. The van der Waals surface area contributed by atoms with Gasteiger partial charge in [-0.05, 0) is 43.4 Å². The highest BCUT2D eigenvalue weighted by atomic mass is 16.6. The molecule has 3 amide bonds. The number of fused-ring (bicyclic) bond motifs is 3. The predicted octanol–water partition coefficient (Wildman–Crippen LogP) is 4.43. The molecular weight excluding hydrogens is 418 g/mol. The van der Waals surface area contributed by atoms with Gasteiger partial charge in [-0.25, -0.2) is 4.79 Å². The standard InChI is InChI=1S/C26H33N3O4/c1-25(2,3)21(28-24(32)33-26(4,5)6)22(30)27-20-18-14-9-8-12-16(18)17-13-10-11-15-19(17)29(7)23(20)31/h8-15,20-21H,1-7H3,(H,27,30)(H,28,32)/t20-,21-/m1/s1. The van der Waals surface area contributed by atoms with Gasteiger partial charge in [-0.1, -0.05) is 63.2 Å². The Bertz CT molecular complexity index is 1070. The van der Waals surface area contributed by atoms with E-state index in [0.29, 0.717) is 5.56 Å². The van der Waals surface area contributed by atoms with Crippen LogP contribution in [0.25, 0.3) is 11.1 Å². The number of nitrogens with zero attached hydrogens (tertiary/aromatic N) is 1. The zero-order valence-corrected chi connectivity index (χ0v) is 20.4. The van der Waals surface area contributed by atoms with Crippen LogP contribution in [0.1, 0.15) is 53.1 Å². The third-order valence-corrected chi connectivity index (χ3v) is 5.48. The van der Waals surface area contributed by atoms with Crippen LogP contribution < -0.4 is 15.5 Å². The topological polar surface area (TPSA) is 87.7 Å². The second-order valence-corrected chi connectivity index (χ2v) is 10.4. The maximum absolute atomic E-state index is 13.5. The van der Waals surface area contributed by atoms with Gasteiger partial charge in [-0.2, -0.15) is 0 Å². The Morgan fingerprint density at radius 2 is 1.52 bits per heavy atom. The number of ether oxygens (including phenoxy) is 1. The van der Waals surface area contributed by atoms with Gasteiger partial charge in [-0.3, -0.25) is 9.59 Å². The minimum Gasteiger partial charge on any atom is -0.444 e.